The van der Waals surface area contributed by atoms with Crippen molar-refractivity contribution >= 4 is 52.6 Å². The number of nitrogens with two attached hydrogens (primary N) is 4. The molecule has 3 aliphatic rings. The Labute approximate surface area is 473 Å². The summed E-state index contributed by atoms with van der Waals surface area (Å²) in [5.74, 6) is -1.16. The highest BCUT2D eigenvalue weighted by atomic mass is 16.4. The molecule has 3 aliphatic carbocycles. The number of nitrogens with one attached hydrogen (secondary N) is 2. The maximum atomic E-state index is 12.7. The van der Waals surface area contributed by atoms with Crippen LogP contribution in [-0.4, -0.2) is 87.7 Å². The van der Waals surface area contributed by atoms with E-state index in [0.29, 0.717) is 62.0 Å². The van der Waals surface area contributed by atoms with E-state index in [4.69, 9.17) is 28.0 Å². The normalized spacial score (nSPS) is 13.2. The maximum Gasteiger partial charge on any atom is 0.335 e. The number of nitrogens with zero attached hydrogens (tertiary/aromatic N) is 6. The summed E-state index contributed by atoms with van der Waals surface area (Å²) in [6.45, 7) is 5.65. The topological polar surface area (TPSA) is 304 Å². The SMILES string of the molecule is Cc1ccc(C(=O)NC2CC2)cc1-n1ncc(C(=O)c2ccccc2)c1N.Cc1ccc(C(=O)NC2CC2)cc1-n1ncc(C(=O)c2ccccc2)c1N.Cc1ccc(C(=O)O)cc1-n1ncc(C(=O)c2ccccc2)c1N.NC1CC1. The Morgan fingerprint density at radius 2 is 0.707 bits per heavy atom. The monoisotopic (exact) mass is 1100 g/mol. The lowest BCUT2D eigenvalue weighted by molar-refractivity contribution is 0.0695. The summed E-state index contributed by atoms with van der Waals surface area (Å²) in [6.07, 6.45) is 11.0. The van der Waals surface area contributed by atoms with E-state index < -0.39 is 5.97 Å². The van der Waals surface area contributed by atoms with Crippen LogP contribution in [0.1, 0.15) is 134 Å². The fourth-order valence-electron chi connectivity index (χ4n) is 8.43. The van der Waals surface area contributed by atoms with Gasteiger partial charge in [-0.2, -0.15) is 15.3 Å². The van der Waals surface area contributed by atoms with Gasteiger partial charge >= 0.3 is 5.97 Å². The van der Waals surface area contributed by atoms with Gasteiger partial charge in [-0.25, -0.2) is 18.8 Å². The van der Waals surface area contributed by atoms with E-state index in [2.05, 4.69) is 25.9 Å². The van der Waals surface area contributed by atoms with Crippen LogP contribution in [0.3, 0.4) is 0 Å². The lowest BCUT2D eigenvalue weighted by Gasteiger charge is -2.11. The predicted octanol–water partition coefficient (Wildman–Crippen LogP) is 8.57. The molecule has 416 valence electrons. The molecule has 19 heteroatoms. The van der Waals surface area contributed by atoms with Crippen LogP contribution in [0.25, 0.3) is 17.1 Å². The average molecular weight is 1100 g/mol. The third kappa shape index (κ3) is 13.4. The molecule has 19 nitrogen and oxygen atoms in total. The fourth-order valence-corrected chi connectivity index (χ4v) is 8.43. The van der Waals surface area contributed by atoms with E-state index in [0.717, 1.165) is 42.4 Å². The van der Waals surface area contributed by atoms with Crippen molar-refractivity contribution in [1.82, 2.24) is 40.0 Å². The molecule has 3 heterocycles. The molecule has 0 spiro atoms. The number of aromatic nitrogens is 6. The quantitative estimate of drug-likeness (QED) is 0.0502. The second-order valence-electron chi connectivity index (χ2n) is 20.3. The summed E-state index contributed by atoms with van der Waals surface area (Å²) in [5, 5.41) is 27.9. The molecule has 0 radical (unpaired) electrons. The van der Waals surface area contributed by atoms with Gasteiger partial charge in [0.1, 0.15) is 17.5 Å². The lowest BCUT2D eigenvalue weighted by Crippen LogP contribution is -2.25. The molecule has 12 rings (SSSR count). The number of carbonyl (C=O) groups excluding carboxylic acids is 5. The number of ketones is 3. The predicted molar refractivity (Wildman–Crippen MR) is 313 cm³/mol. The van der Waals surface area contributed by atoms with Crippen LogP contribution in [0.2, 0.25) is 0 Å². The molecular formula is C63H62N12O7. The minimum absolute atomic E-state index is 0.106. The number of carboxylic acid groups (broad SMARTS) is 1. The molecule has 3 aromatic heterocycles. The largest absolute Gasteiger partial charge is 0.478 e. The van der Waals surface area contributed by atoms with Crippen LogP contribution in [0.4, 0.5) is 17.5 Å². The molecule has 0 aliphatic heterocycles. The van der Waals surface area contributed by atoms with Gasteiger partial charge in [-0.05, 0) is 112 Å². The Kier molecular flexibility index (Phi) is 17.1. The first-order valence-electron chi connectivity index (χ1n) is 26.7. The highest BCUT2D eigenvalue weighted by Gasteiger charge is 2.27. The van der Waals surface area contributed by atoms with Crippen molar-refractivity contribution in [2.24, 2.45) is 5.73 Å². The van der Waals surface area contributed by atoms with Crippen molar-refractivity contribution in [1.29, 1.82) is 0 Å². The highest BCUT2D eigenvalue weighted by Crippen LogP contribution is 2.28. The minimum Gasteiger partial charge on any atom is -0.478 e. The molecule has 0 saturated heterocycles. The van der Waals surface area contributed by atoms with Gasteiger partial charge in [0, 0.05) is 45.9 Å². The Hall–Kier alpha value is -10.3. The maximum absolute atomic E-state index is 12.7. The van der Waals surface area contributed by atoms with Gasteiger partial charge in [-0.1, -0.05) is 109 Å². The third-order valence-electron chi connectivity index (χ3n) is 13.8. The van der Waals surface area contributed by atoms with E-state index in [1.807, 2.05) is 51.1 Å². The zero-order chi connectivity index (χ0) is 58.2. The number of benzene rings is 6. The summed E-state index contributed by atoms with van der Waals surface area (Å²) in [6, 6.07) is 43.3. The summed E-state index contributed by atoms with van der Waals surface area (Å²) < 4.78 is 4.41. The van der Waals surface area contributed by atoms with Gasteiger partial charge in [-0.3, -0.25) is 24.0 Å². The van der Waals surface area contributed by atoms with Crippen LogP contribution >= 0.6 is 0 Å². The molecule has 0 unspecified atom stereocenters. The molecule has 0 bridgehead atoms. The molecule has 0 atom stereocenters. The Bertz CT molecular complexity index is 3670. The van der Waals surface area contributed by atoms with Crippen LogP contribution in [0.5, 0.6) is 0 Å². The van der Waals surface area contributed by atoms with E-state index >= 15 is 0 Å². The summed E-state index contributed by atoms with van der Waals surface area (Å²) >= 11 is 0. The molecular weight excluding hydrogens is 1040 g/mol. The smallest absolute Gasteiger partial charge is 0.335 e. The van der Waals surface area contributed by atoms with Crippen LogP contribution in [0.15, 0.2) is 164 Å². The number of amides is 2. The van der Waals surface area contributed by atoms with Gasteiger partial charge in [0.05, 0.1) is 57.9 Å². The van der Waals surface area contributed by atoms with E-state index in [1.165, 1.54) is 57.6 Å². The first-order valence-corrected chi connectivity index (χ1v) is 26.7. The van der Waals surface area contributed by atoms with Crippen molar-refractivity contribution in [2.75, 3.05) is 17.2 Å². The summed E-state index contributed by atoms with van der Waals surface area (Å²) in [5.41, 5.74) is 32.1. The van der Waals surface area contributed by atoms with E-state index in [-0.39, 0.29) is 69.8 Å². The number of aromatic carboxylic acids is 1. The molecule has 11 N–H and O–H groups in total. The number of carbonyl (C=O) groups is 6. The standard InChI is InChI=1S/2C21H20N4O2.C18H15N3O3.C3H7N/c2*1-13-7-8-15(21(27)24-16-9-10-16)11-18(13)25-20(22)17(12-23-25)19(26)14-5-3-2-4-6-14;1-11-7-8-13(18(23)24)9-15(11)21-17(19)14(10-20-21)16(22)12-5-3-2-4-6-12;4-3-1-2-3/h2*2-8,11-12,16H,9-10,22H2,1H3,(H,24,27);2-10H,19H2,1H3,(H,23,24);3H,1-2,4H2. The van der Waals surface area contributed by atoms with Crippen molar-refractivity contribution < 1.29 is 33.9 Å². The second kappa shape index (κ2) is 24.8. The van der Waals surface area contributed by atoms with Gasteiger partial charge in [-0.15, -0.1) is 0 Å². The van der Waals surface area contributed by atoms with Crippen molar-refractivity contribution in [3.8, 4) is 17.1 Å². The third-order valence-corrected chi connectivity index (χ3v) is 13.8. The Balaban J connectivity index is 0.000000143. The lowest BCUT2D eigenvalue weighted by atomic mass is 10.1. The molecule has 82 heavy (non-hydrogen) atoms. The molecule has 6 aromatic carbocycles. The number of rotatable bonds is 14. The second-order valence-corrected chi connectivity index (χ2v) is 20.3. The van der Waals surface area contributed by atoms with Crippen molar-refractivity contribution in [3.05, 3.63) is 231 Å². The number of aryl methyl sites for hydroxylation is 3. The van der Waals surface area contributed by atoms with Gasteiger partial charge in [0.15, 0.2) is 17.3 Å². The van der Waals surface area contributed by atoms with Gasteiger partial charge < -0.3 is 38.7 Å². The molecule has 2 amide bonds. The van der Waals surface area contributed by atoms with Crippen LogP contribution < -0.4 is 33.6 Å². The Morgan fingerprint density at radius 3 is 0.976 bits per heavy atom. The first kappa shape index (κ1) is 56.5. The van der Waals surface area contributed by atoms with Crippen molar-refractivity contribution in [3.63, 3.8) is 0 Å². The number of hydrogen-bond donors (Lipinski definition) is 7. The number of carboxylic acids is 1. The number of hydrogen-bond acceptors (Lipinski definition) is 13. The van der Waals surface area contributed by atoms with E-state index in [9.17, 15) is 28.8 Å². The van der Waals surface area contributed by atoms with Crippen molar-refractivity contribution in [2.45, 2.75) is 77.4 Å². The molecule has 3 saturated carbocycles. The first-order chi connectivity index (χ1) is 39.5. The molecule has 3 fully saturated rings. The minimum atomic E-state index is -1.04. The molecule has 9 aromatic rings. The van der Waals surface area contributed by atoms with Gasteiger partial charge in [0.2, 0.25) is 0 Å². The number of nitrogen functional groups attached to an aromatic ring is 3. The van der Waals surface area contributed by atoms with Gasteiger partial charge in [0.25, 0.3) is 11.8 Å². The van der Waals surface area contributed by atoms with E-state index in [1.54, 1.807) is 103 Å². The number of anilines is 3. The van der Waals surface area contributed by atoms with Crippen LogP contribution in [0, 0.1) is 20.8 Å². The summed E-state index contributed by atoms with van der Waals surface area (Å²) in [7, 11) is 0. The fraction of sp³-hybridized carbons (Fsp3) is 0.190. The zero-order valence-electron chi connectivity index (χ0n) is 45.5. The zero-order valence-corrected chi connectivity index (χ0v) is 45.5. The average Bonchev–Trinajstić information content (AvgIpc) is 4.64. The van der Waals surface area contributed by atoms with Crippen LogP contribution in [-0.2, 0) is 0 Å². The Morgan fingerprint density at radius 1 is 0.427 bits per heavy atom. The summed E-state index contributed by atoms with van der Waals surface area (Å²) in [4.78, 5) is 73.8. The highest BCUT2D eigenvalue weighted by molar-refractivity contribution is 6.13.